The summed E-state index contributed by atoms with van der Waals surface area (Å²) in [5.74, 6) is 2.14. The number of hydrogen-bond acceptors (Lipinski definition) is 5. The summed E-state index contributed by atoms with van der Waals surface area (Å²) in [5.41, 5.74) is 0.949. The third kappa shape index (κ3) is 2.79. The van der Waals surface area contributed by atoms with Crippen molar-refractivity contribution in [3.63, 3.8) is 0 Å². The predicted octanol–water partition coefficient (Wildman–Crippen LogP) is 3.40. The second-order valence-corrected chi connectivity index (χ2v) is 9.18. The Bertz CT molecular complexity index is 729. The maximum atomic E-state index is 12.4. The van der Waals surface area contributed by atoms with Crippen LogP contribution in [-0.2, 0) is 14.4 Å². The average Bonchev–Trinajstić information content (AvgIpc) is 2.52. The molecule has 0 aliphatic heterocycles. The van der Waals surface area contributed by atoms with Crippen LogP contribution in [0.2, 0.25) is 0 Å². The minimum atomic E-state index is -4.04. The summed E-state index contributed by atoms with van der Waals surface area (Å²) >= 11 is 0. The normalized spacial score (nSPS) is 35.2. The average molecular weight is 350 g/mol. The highest BCUT2D eigenvalue weighted by Crippen LogP contribution is 2.54. The van der Waals surface area contributed by atoms with Crippen molar-refractivity contribution in [2.75, 3.05) is 0 Å². The summed E-state index contributed by atoms with van der Waals surface area (Å²) in [4.78, 5) is 0.536. The summed E-state index contributed by atoms with van der Waals surface area (Å²) in [6.07, 6.45) is 5.56. The van der Waals surface area contributed by atoms with Crippen LogP contribution < -0.4 is 0 Å². The lowest BCUT2D eigenvalue weighted by molar-refractivity contribution is -0.612. The zero-order chi connectivity index (χ0) is 16.9. The molecule has 0 unspecified atom stereocenters. The quantitative estimate of drug-likeness (QED) is 0.473. The van der Waals surface area contributed by atoms with Gasteiger partial charge in [-0.05, 0) is 63.0 Å². The van der Waals surface area contributed by atoms with Crippen LogP contribution in [0.5, 0.6) is 0 Å². The standard InChI is InChI=1S/C17H22N2O4S/c1-11-2-4-16(5-3-11)24(21,22)23-18-19(20)17-14-7-12-6-13(9-14)10-15(17)8-12/h2-5,12-15,17H,6-10H2,1H3/b19-18-. The molecule has 4 aliphatic carbocycles. The van der Waals surface area contributed by atoms with Gasteiger partial charge < -0.3 is 5.21 Å². The zero-order valence-corrected chi connectivity index (χ0v) is 14.5. The monoisotopic (exact) mass is 350 g/mol. The third-order valence-electron chi connectivity index (χ3n) is 5.95. The van der Waals surface area contributed by atoms with Crippen LogP contribution in [-0.4, -0.2) is 19.3 Å². The van der Waals surface area contributed by atoms with Crippen LogP contribution in [0.1, 0.15) is 37.7 Å². The van der Waals surface area contributed by atoms with Crippen molar-refractivity contribution in [1.82, 2.24) is 0 Å². The van der Waals surface area contributed by atoms with Gasteiger partial charge in [0, 0.05) is 11.8 Å². The second-order valence-electron chi connectivity index (χ2n) is 7.65. The number of hydrogen-bond donors (Lipinski definition) is 0. The molecule has 130 valence electrons. The lowest BCUT2D eigenvalue weighted by Crippen LogP contribution is -2.51. The molecule has 0 N–H and O–H groups in total. The van der Waals surface area contributed by atoms with Crippen LogP contribution in [0.3, 0.4) is 0 Å². The molecule has 0 radical (unpaired) electrons. The van der Waals surface area contributed by atoms with E-state index in [0.29, 0.717) is 16.7 Å². The molecule has 1 aromatic carbocycles. The molecular formula is C17H22N2O4S. The van der Waals surface area contributed by atoms with E-state index in [1.54, 1.807) is 12.1 Å². The molecular weight excluding hydrogens is 328 g/mol. The Labute approximate surface area is 142 Å². The SMILES string of the molecule is Cc1ccc(S(=O)(=O)O/N=[N+](\[O-])C2C3CC4CC(C3)CC2C4)cc1. The van der Waals surface area contributed by atoms with Gasteiger partial charge in [-0.2, -0.15) is 8.42 Å². The Balaban J connectivity index is 1.50. The number of benzene rings is 1. The van der Waals surface area contributed by atoms with E-state index >= 15 is 0 Å². The number of nitrogens with zero attached hydrogens (tertiary/aromatic N) is 2. The van der Waals surface area contributed by atoms with Gasteiger partial charge in [-0.15, -0.1) is 0 Å². The summed E-state index contributed by atoms with van der Waals surface area (Å²) in [7, 11) is -4.04. The van der Waals surface area contributed by atoms with Gasteiger partial charge in [0.15, 0.2) is 6.04 Å². The first-order valence-corrected chi connectivity index (χ1v) is 10.0. The molecule has 1 aromatic rings. The van der Waals surface area contributed by atoms with Gasteiger partial charge in [0.25, 0.3) is 0 Å². The highest BCUT2D eigenvalue weighted by Gasteiger charge is 2.53. The Morgan fingerprint density at radius 1 is 1.04 bits per heavy atom. The molecule has 4 bridgehead atoms. The fraction of sp³-hybridized carbons (Fsp3) is 0.647. The van der Waals surface area contributed by atoms with Gasteiger partial charge in [-0.3, -0.25) is 0 Å². The molecule has 0 spiro atoms. The molecule has 4 fully saturated rings. The van der Waals surface area contributed by atoms with E-state index in [4.69, 9.17) is 0 Å². The summed E-state index contributed by atoms with van der Waals surface area (Å²) < 4.78 is 29.0. The lowest BCUT2D eigenvalue weighted by Gasteiger charge is -2.51. The van der Waals surface area contributed by atoms with Crippen LogP contribution in [0.4, 0.5) is 0 Å². The van der Waals surface area contributed by atoms with E-state index in [1.807, 2.05) is 6.92 Å². The smallest absolute Gasteiger partial charge is 0.363 e. The van der Waals surface area contributed by atoms with Crippen LogP contribution >= 0.6 is 0 Å². The van der Waals surface area contributed by atoms with E-state index in [0.717, 1.165) is 43.1 Å². The molecule has 7 heteroatoms. The van der Waals surface area contributed by atoms with Crippen molar-refractivity contribution < 1.29 is 17.6 Å². The van der Waals surface area contributed by atoms with Gasteiger partial charge in [0.05, 0.1) is 0 Å². The fourth-order valence-electron chi connectivity index (χ4n) is 5.14. The predicted molar refractivity (Wildman–Crippen MR) is 86.3 cm³/mol. The van der Waals surface area contributed by atoms with Gasteiger partial charge in [0.2, 0.25) is 5.28 Å². The van der Waals surface area contributed by atoms with Crippen molar-refractivity contribution >= 4 is 10.1 Å². The minimum Gasteiger partial charge on any atom is -0.597 e. The van der Waals surface area contributed by atoms with Crippen molar-refractivity contribution in [3.05, 3.63) is 35.0 Å². The van der Waals surface area contributed by atoms with Crippen molar-refractivity contribution in [1.29, 1.82) is 0 Å². The Kier molecular flexibility index (Phi) is 3.78. The first-order valence-electron chi connectivity index (χ1n) is 8.60. The van der Waals surface area contributed by atoms with E-state index in [1.165, 1.54) is 18.6 Å². The first kappa shape index (κ1) is 15.9. The van der Waals surface area contributed by atoms with Crippen LogP contribution in [0, 0.1) is 35.8 Å². The van der Waals surface area contributed by atoms with Crippen molar-refractivity contribution in [2.24, 2.45) is 28.9 Å². The third-order valence-corrected chi connectivity index (χ3v) is 7.07. The molecule has 4 saturated carbocycles. The number of hydroxylamine groups is 1. The molecule has 4 aliphatic rings. The van der Waals surface area contributed by atoms with E-state index < -0.39 is 10.1 Å². The number of aryl methyl sites for hydroxylation is 1. The summed E-state index contributed by atoms with van der Waals surface area (Å²) in [6.45, 7) is 1.87. The van der Waals surface area contributed by atoms with Gasteiger partial charge in [-0.25, -0.2) is 4.28 Å². The highest BCUT2D eigenvalue weighted by atomic mass is 32.2. The summed E-state index contributed by atoms with van der Waals surface area (Å²) in [6, 6.07) is 6.05. The molecule has 6 nitrogen and oxygen atoms in total. The highest BCUT2D eigenvalue weighted by molar-refractivity contribution is 7.86. The molecule has 24 heavy (non-hydrogen) atoms. The van der Waals surface area contributed by atoms with Crippen LogP contribution in [0.25, 0.3) is 0 Å². The van der Waals surface area contributed by atoms with Gasteiger partial charge in [0.1, 0.15) is 4.90 Å². The first-order chi connectivity index (χ1) is 11.4. The van der Waals surface area contributed by atoms with E-state index in [2.05, 4.69) is 9.56 Å². The lowest BCUT2D eigenvalue weighted by atomic mass is 9.54. The molecule has 0 amide bonds. The second kappa shape index (κ2) is 5.72. The summed E-state index contributed by atoms with van der Waals surface area (Å²) in [5, 5.41) is 15.9. The van der Waals surface area contributed by atoms with E-state index in [9.17, 15) is 13.6 Å². The Hall–Kier alpha value is -1.63. The zero-order valence-electron chi connectivity index (χ0n) is 13.7. The Morgan fingerprint density at radius 3 is 2.12 bits per heavy atom. The van der Waals surface area contributed by atoms with E-state index in [-0.39, 0.29) is 10.9 Å². The van der Waals surface area contributed by atoms with Crippen molar-refractivity contribution in [3.8, 4) is 0 Å². The molecule has 0 saturated heterocycles. The molecule has 5 rings (SSSR count). The largest absolute Gasteiger partial charge is 0.597 e. The molecule has 0 atom stereocenters. The maximum Gasteiger partial charge on any atom is 0.363 e. The van der Waals surface area contributed by atoms with Crippen molar-refractivity contribution in [2.45, 2.75) is 50.0 Å². The molecule has 0 heterocycles. The minimum absolute atomic E-state index is 0.00957. The maximum absolute atomic E-state index is 12.4. The van der Waals surface area contributed by atoms with Gasteiger partial charge >= 0.3 is 10.1 Å². The van der Waals surface area contributed by atoms with Gasteiger partial charge in [-0.1, -0.05) is 22.6 Å². The van der Waals surface area contributed by atoms with Crippen LogP contribution in [0.15, 0.2) is 34.4 Å². The Morgan fingerprint density at radius 2 is 1.58 bits per heavy atom. The number of rotatable bonds is 4. The fourth-order valence-corrected chi connectivity index (χ4v) is 5.85. The topological polar surface area (TPSA) is 81.8 Å². The molecule has 0 aromatic heterocycles.